The van der Waals surface area contributed by atoms with Gasteiger partial charge in [0, 0.05) is 12.1 Å². The van der Waals surface area contributed by atoms with E-state index >= 15 is 0 Å². The van der Waals surface area contributed by atoms with Crippen molar-refractivity contribution in [1.29, 1.82) is 0 Å². The van der Waals surface area contributed by atoms with Crippen LogP contribution in [-0.4, -0.2) is 30.8 Å². The molecule has 0 spiro atoms. The first-order valence-electron chi connectivity index (χ1n) is 11.3. The number of aryl methyl sites for hydroxylation is 3. The van der Waals surface area contributed by atoms with Crippen LogP contribution >= 0.6 is 0 Å². The summed E-state index contributed by atoms with van der Waals surface area (Å²) in [6.45, 7) is 5.75. The first-order chi connectivity index (χ1) is 15.8. The van der Waals surface area contributed by atoms with Gasteiger partial charge in [-0.25, -0.2) is 0 Å². The van der Waals surface area contributed by atoms with E-state index in [0.29, 0.717) is 17.8 Å². The quantitative estimate of drug-likeness (QED) is 0.435. The van der Waals surface area contributed by atoms with Gasteiger partial charge in [-0.15, -0.1) is 0 Å². The van der Waals surface area contributed by atoms with E-state index in [4.69, 9.17) is 0 Å². The lowest BCUT2D eigenvalue weighted by Gasteiger charge is -2.15. The highest BCUT2D eigenvalue weighted by molar-refractivity contribution is 5.97. The Labute approximate surface area is 195 Å². The van der Waals surface area contributed by atoms with Gasteiger partial charge in [-0.05, 0) is 62.8 Å². The predicted molar refractivity (Wildman–Crippen MR) is 132 cm³/mol. The molecule has 0 bridgehead atoms. The van der Waals surface area contributed by atoms with Crippen molar-refractivity contribution in [2.45, 2.75) is 40.0 Å². The van der Waals surface area contributed by atoms with Gasteiger partial charge in [0.25, 0.3) is 0 Å². The Morgan fingerprint density at radius 2 is 1.58 bits per heavy atom. The third-order valence-electron chi connectivity index (χ3n) is 5.59. The van der Waals surface area contributed by atoms with Crippen LogP contribution in [0.1, 0.15) is 36.0 Å². The molecule has 7 nitrogen and oxygen atoms in total. The molecule has 2 aromatic rings. The molecule has 3 rings (SSSR count). The van der Waals surface area contributed by atoms with Crippen LogP contribution in [0.3, 0.4) is 0 Å². The maximum Gasteiger partial charge on any atom is 0.243 e. The van der Waals surface area contributed by atoms with Crippen LogP contribution in [0, 0.1) is 26.7 Å². The number of nitrogens with one attached hydrogen (secondary N) is 4. The second-order valence-corrected chi connectivity index (χ2v) is 8.52. The Morgan fingerprint density at radius 3 is 2.24 bits per heavy atom. The number of anilines is 3. The largest absolute Gasteiger partial charge is 0.374 e. The Bertz CT molecular complexity index is 1040. The molecule has 0 fully saturated rings. The lowest BCUT2D eigenvalue weighted by molar-refractivity contribution is -0.122. The lowest BCUT2D eigenvalue weighted by atomic mass is 10.0. The first kappa shape index (κ1) is 24.0. The molecule has 1 aliphatic rings. The van der Waals surface area contributed by atoms with E-state index in [0.717, 1.165) is 35.2 Å². The average molecular weight is 449 g/mol. The molecule has 0 saturated carbocycles. The number of benzene rings is 2. The molecule has 1 unspecified atom stereocenters. The molecular weight excluding hydrogens is 416 g/mol. The van der Waals surface area contributed by atoms with Crippen LogP contribution in [0.5, 0.6) is 0 Å². The summed E-state index contributed by atoms with van der Waals surface area (Å²) >= 11 is 0. The average Bonchev–Trinajstić information content (AvgIpc) is 3.27. The summed E-state index contributed by atoms with van der Waals surface area (Å²) in [5.74, 6) is -0.370. The molecular formula is C26H32N4O3. The molecule has 3 amide bonds. The summed E-state index contributed by atoms with van der Waals surface area (Å²) in [6.07, 6.45) is 6.67. The molecule has 7 heteroatoms. The molecule has 33 heavy (non-hydrogen) atoms. The van der Waals surface area contributed by atoms with Crippen LogP contribution in [0.25, 0.3) is 0 Å². The van der Waals surface area contributed by atoms with Crippen LogP contribution < -0.4 is 21.3 Å². The Kier molecular flexibility index (Phi) is 8.24. The number of allylic oxidation sites excluding steroid dienone is 2. The van der Waals surface area contributed by atoms with Crippen molar-refractivity contribution in [2.75, 3.05) is 29.0 Å². The Balaban J connectivity index is 1.46. The summed E-state index contributed by atoms with van der Waals surface area (Å²) in [7, 11) is 0. The maximum atomic E-state index is 12.4. The van der Waals surface area contributed by atoms with Crippen molar-refractivity contribution in [3.63, 3.8) is 0 Å². The monoisotopic (exact) mass is 448 g/mol. The standard InChI is InChI=1S/C26H32N4O3/c1-17-12-18(2)26(19(3)13-17)30-25(33)16-28-24(32)15-27-21-10-6-7-11-22(21)29-23(31)14-20-8-4-5-9-20/h4,6-8,10-13,20,27H,5,9,14-16H2,1-3H3,(H,28,32)(H,29,31)(H,30,33). The Hall–Kier alpha value is -3.61. The van der Waals surface area contributed by atoms with Crippen LogP contribution in [0.2, 0.25) is 0 Å². The van der Waals surface area contributed by atoms with E-state index in [1.54, 1.807) is 12.1 Å². The smallest absolute Gasteiger partial charge is 0.243 e. The van der Waals surface area contributed by atoms with E-state index in [-0.39, 0.29) is 36.7 Å². The summed E-state index contributed by atoms with van der Waals surface area (Å²) in [6, 6.07) is 11.3. The highest BCUT2D eigenvalue weighted by Gasteiger charge is 2.15. The van der Waals surface area contributed by atoms with Gasteiger partial charge < -0.3 is 21.3 Å². The van der Waals surface area contributed by atoms with Gasteiger partial charge in [-0.3, -0.25) is 14.4 Å². The zero-order valence-corrected chi connectivity index (χ0v) is 19.5. The van der Waals surface area contributed by atoms with Crippen LogP contribution in [0.4, 0.5) is 17.1 Å². The SMILES string of the molecule is Cc1cc(C)c(NC(=O)CNC(=O)CNc2ccccc2NC(=O)CC2C=CCC2)c(C)c1. The number of hydrogen-bond acceptors (Lipinski definition) is 4. The molecule has 1 aliphatic carbocycles. The second kappa shape index (κ2) is 11.3. The van der Waals surface area contributed by atoms with Gasteiger partial charge in [0.1, 0.15) is 0 Å². The number of para-hydroxylation sites is 2. The van der Waals surface area contributed by atoms with Crippen molar-refractivity contribution in [2.24, 2.45) is 5.92 Å². The molecule has 4 N–H and O–H groups in total. The van der Waals surface area contributed by atoms with Crippen LogP contribution in [-0.2, 0) is 14.4 Å². The highest BCUT2D eigenvalue weighted by Crippen LogP contribution is 2.24. The topological polar surface area (TPSA) is 99.3 Å². The van der Waals surface area contributed by atoms with Gasteiger partial charge in [-0.2, -0.15) is 0 Å². The van der Waals surface area contributed by atoms with E-state index in [2.05, 4.69) is 33.4 Å². The van der Waals surface area contributed by atoms with E-state index < -0.39 is 0 Å². The third-order valence-corrected chi connectivity index (χ3v) is 5.59. The minimum absolute atomic E-state index is 0.0197. The third kappa shape index (κ3) is 7.20. The van der Waals surface area contributed by atoms with Crippen molar-refractivity contribution >= 4 is 34.8 Å². The minimum atomic E-state index is -0.320. The van der Waals surface area contributed by atoms with E-state index in [9.17, 15) is 14.4 Å². The van der Waals surface area contributed by atoms with Crippen LogP contribution in [0.15, 0.2) is 48.6 Å². The van der Waals surface area contributed by atoms with E-state index in [1.165, 1.54) is 0 Å². The van der Waals surface area contributed by atoms with Crippen molar-refractivity contribution < 1.29 is 14.4 Å². The van der Waals surface area contributed by atoms with Gasteiger partial charge in [-0.1, -0.05) is 42.0 Å². The fraction of sp³-hybridized carbons (Fsp3) is 0.346. The fourth-order valence-electron chi connectivity index (χ4n) is 4.03. The molecule has 0 aliphatic heterocycles. The summed E-state index contributed by atoms with van der Waals surface area (Å²) in [4.78, 5) is 36.9. The van der Waals surface area contributed by atoms with Gasteiger partial charge in [0.2, 0.25) is 17.7 Å². The molecule has 0 heterocycles. The summed E-state index contributed by atoms with van der Waals surface area (Å²) in [5.41, 5.74) is 5.15. The summed E-state index contributed by atoms with van der Waals surface area (Å²) in [5, 5.41) is 11.5. The predicted octanol–water partition coefficient (Wildman–Crippen LogP) is 4.07. The molecule has 174 valence electrons. The number of rotatable bonds is 9. The normalized spacial score (nSPS) is 14.6. The Morgan fingerprint density at radius 1 is 0.879 bits per heavy atom. The first-order valence-corrected chi connectivity index (χ1v) is 11.3. The number of amides is 3. The molecule has 1 atom stereocenters. The molecule has 0 aromatic heterocycles. The lowest BCUT2D eigenvalue weighted by Crippen LogP contribution is -2.36. The van der Waals surface area contributed by atoms with E-state index in [1.807, 2.05) is 45.0 Å². The van der Waals surface area contributed by atoms with Gasteiger partial charge >= 0.3 is 0 Å². The molecule has 0 saturated heterocycles. The van der Waals surface area contributed by atoms with Crippen molar-refractivity contribution in [3.8, 4) is 0 Å². The number of carbonyl (C=O) groups is 3. The minimum Gasteiger partial charge on any atom is -0.374 e. The highest BCUT2D eigenvalue weighted by atomic mass is 16.2. The zero-order chi connectivity index (χ0) is 23.8. The number of hydrogen-bond donors (Lipinski definition) is 4. The fourth-order valence-corrected chi connectivity index (χ4v) is 4.03. The molecule has 0 radical (unpaired) electrons. The second-order valence-electron chi connectivity index (χ2n) is 8.52. The zero-order valence-electron chi connectivity index (χ0n) is 19.5. The van der Waals surface area contributed by atoms with Gasteiger partial charge in [0.05, 0.1) is 24.5 Å². The number of carbonyl (C=O) groups excluding carboxylic acids is 3. The van der Waals surface area contributed by atoms with Crippen molar-refractivity contribution in [1.82, 2.24) is 5.32 Å². The summed E-state index contributed by atoms with van der Waals surface area (Å²) < 4.78 is 0. The molecule has 2 aromatic carbocycles. The maximum absolute atomic E-state index is 12.4. The van der Waals surface area contributed by atoms with Crippen molar-refractivity contribution in [3.05, 3.63) is 65.2 Å². The van der Waals surface area contributed by atoms with Gasteiger partial charge in [0.15, 0.2) is 0 Å².